The molecule has 1 aromatic heterocycles. The van der Waals surface area contributed by atoms with Gasteiger partial charge in [0.05, 0.1) is 23.6 Å². The molecule has 1 aliphatic rings. The summed E-state index contributed by atoms with van der Waals surface area (Å²) in [5.41, 5.74) is 2.22. The lowest BCUT2D eigenvalue weighted by Crippen LogP contribution is -2.46. The number of aryl methyl sites for hydroxylation is 1. The molecule has 6 heteroatoms. The highest BCUT2D eigenvalue weighted by atomic mass is 16.2. The van der Waals surface area contributed by atoms with Gasteiger partial charge >= 0.3 is 0 Å². The van der Waals surface area contributed by atoms with Crippen LogP contribution in [-0.4, -0.2) is 65.0 Å². The van der Waals surface area contributed by atoms with Crippen LogP contribution in [0.2, 0.25) is 0 Å². The van der Waals surface area contributed by atoms with Gasteiger partial charge in [-0.15, -0.1) is 0 Å². The van der Waals surface area contributed by atoms with E-state index in [9.17, 15) is 4.79 Å². The number of likely N-dealkylation sites (tertiary alicyclic amines) is 1. The van der Waals surface area contributed by atoms with Gasteiger partial charge in [0, 0.05) is 40.3 Å². The fraction of sp³-hybridized carbons (Fsp3) is 0.579. The number of carbonyl (C=O) groups excluding carboxylic acids is 1. The van der Waals surface area contributed by atoms with Crippen molar-refractivity contribution in [3.05, 3.63) is 30.1 Å². The molecule has 0 saturated carbocycles. The highest BCUT2D eigenvalue weighted by Crippen LogP contribution is 2.21. The van der Waals surface area contributed by atoms with Gasteiger partial charge in [-0.3, -0.25) is 9.69 Å². The molecule has 0 radical (unpaired) electrons. The second kappa shape index (κ2) is 7.54. The lowest BCUT2D eigenvalue weighted by molar-refractivity contribution is -0.130. The van der Waals surface area contributed by atoms with Crippen molar-refractivity contribution >= 4 is 16.9 Å². The third-order valence-corrected chi connectivity index (χ3v) is 5.14. The van der Waals surface area contributed by atoms with Gasteiger partial charge < -0.3 is 14.8 Å². The molecule has 1 amide bonds. The van der Waals surface area contributed by atoms with Crippen molar-refractivity contribution in [2.75, 3.05) is 33.7 Å². The number of rotatable bonds is 5. The number of piperidine rings is 1. The number of likely N-dealkylation sites (N-methyl/N-ethyl adjacent to an activating group) is 1. The summed E-state index contributed by atoms with van der Waals surface area (Å²) in [6.45, 7) is 4.64. The van der Waals surface area contributed by atoms with Gasteiger partial charge in [0.1, 0.15) is 5.82 Å². The van der Waals surface area contributed by atoms with Crippen LogP contribution < -0.4 is 5.32 Å². The number of aromatic nitrogens is 2. The molecule has 2 aromatic rings. The number of fused-ring (bicyclic) bond motifs is 1. The summed E-state index contributed by atoms with van der Waals surface area (Å²) in [4.78, 5) is 20.5. The number of hydrogen-bond acceptors (Lipinski definition) is 4. The molecule has 1 aliphatic heterocycles. The molecule has 0 spiro atoms. The maximum Gasteiger partial charge on any atom is 0.236 e. The minimum absolute atomic E-state index is 0.180. The Morgan fingerprint density at radius 3 is 2.64 bits per heavy atom. The molecule has 2 heterocycles. The Balaban J connectivity index is 1.56. The van der Waals surface area contributed by atoms with Crippen molar-refractivity contribution in [3.63, 3.8) is 0 Å². The Morgan fingerprint density at radius 2 is 2.00 bits per heavy atom. The van der Waals surface area contributed by atoms with E-state index in [4.69, 9.17) is 4.98 Å². The Hall–Kier alpha value is -1.92. The van der Waals surface area contributed by atoms with Gasteiger partial charge in [0.15, 0.2) is 0 Å². The minimum atomic E-state index is 0.180. The summed E-state index contributed by atoms with van der Waals surface area (Å²) >= 11 is 0. The largest absolute Gasteiger partial charge is 0.348 e. The van der Waals surface area contributed by atoms with E-state index < -0.39 is 0 Å². The van der Waals surface area contributed by atoms with Crippen molar-refractivity contribution in [3.8, 4) is 0 Å². The van der Waals surface area contributed by atoms with Crippen LogP contribution in [0.5, 0.6) is 0 Å². The zero-order valence-electron chi connectivity index (χ0n) is 15.7. The molecule has 1 aromatic carbocycles. The molecule has 6 nitrogen and oxygen atoms in total. The molecule has 3 rings (SSSR count). The average molecular weight is 343 g/mol. The summed E-state index contributed by atoms with van der Waals surface area (Å²) < 4.78 is 2.18. The van der Waals surface area contributed by atoms with Crippen LogP contribution in [0.1, 0.15) is 31.6 Å². The minimum Gasteiger partial charge on any atom is -0.348 e. The monoisotopic (exact) mass is 343 g/mol. The Bertz CT molecular complexity index is 730. The molecule has 0 bridgehead atoms. The Labute approximate surface area is 149 Å². The fourth-order valence-corrected chi connectivity index (χ4v) is 3.57. The SMILES string of the molecule is C[C@H](NC1CCN(CC(=O)N(C)C)CC1)c1nc2ccccc2n1C. The maximum atomic E-state index is 11.8. The molecule has 136 valence electrons. The molecule has 1 atom stereocenters. The van der Waals surface area contributed by atoms with Crippen LogP contribution in [-0.2, 0) is 11.8 Å². The molecular weight excluding hydrogens is 314 g/mol. The highest BCUT2D eigenvalue weighted by molar-refractivity contribution is 5.77. The third-order valence-electron chi connectivity index (χ3n) is 5.14. The molecule has 1 fully saturated rings. The van der Waals surface area contributed by atoms with Crippen LogP contribution >= 0.6 is 0 Å². The van der Waals surface area contributed by atoms with Crippen molar-refractivity contribution in [2.45, 2.75) is 31.8 Å². The van der Waals surface area contributed by atoms with Crippen molar-refractivity contribution < 1.29 is 4.79 Å². The van der Waals surface area contributed by atoms with Crippen LogP contribution in [0.15, 0.2) is 24.3 Å². The van der Waals surface area contributed by atoms with Gasteiger partial charge in [-0.2, -0.15) is 0 Å². The number of para-hydroxylation sites is 2. The van der Waals surface area contributed by atoms with Crippen LogP contribution in [0.4, 0.5) is 0 Å². The zero-order valence-corrected chi connectivity index (χ0v) is 15.7. The Morgan fingerprint density at radius 1 is 1.32 bits per heavy atom. The normalized spacial score (nSPS) is 17.8. The van der Waals surface area contributed by atoms with E-state index in [2.05, 4.69) is 47.0 Å². The first-order valence-electron chi connectivity index (χ1n) is 9.05. The van der Waals surface area contributed by atoms with Crippen LogP contribution in [0.25, 0.3) is 11.0 Å². The van der Waals surface area contributed by atoms with Gasteiger partial charge in [-0.1, -0.05) is 12.1 Å². The second-order valence-electron chi connectivity index (χ2n) is 7.24. The summed E-state index contributed by atoms with van der Waals surface area (Å²) in [6, 6.07) is 8.93. The van der Waals surface area contributed by atoms with E-state index in [0.29, 0.717) is 12.6 Å². The molecular formula is C19H29N5O. The van der Waals surface area contributed by atoms with Crippen molar-refractivity contribution in [2.24, 2.45) is 7.05 Å². The molecule has 1 N–H and O–H groups in total. The van der Waals surface area contributed by atoms with Gasteiger partial charge in [-0.05, 0) is 31.9 Å². The zero-order chi connectivity index (χ0) is 18.0. The number of amides is 1. The van der Waals surface area contributed by atoms with Crippen molar-refractivity contribution in [1.29, 1.82) is 0 Å². The van der Waals surface area contributed by atoms with E-state index in [-0.39, 0.29) is 11.9 Å². The highest BCUT2D eigenvalue weighted by Gasteiger charge is 2.24. The van der Waals surface area contributed by atoms with Gasteiger partial charge in [0.25, 0.3) is 0 Å². The first kappa shape index (κ1) is 17.9. The number of benzene rings is 1. The van der Waals surface area contributed by atoms with Gasteiger partial charge in [0.2, 0.25) is 5.91 Å². The molecule has 25 heavy (non-hydrogen) atoms. The lowest BCUT2D eigenvalue weighted by Gasteiger charge is -2.33. The predicted octanol–water partition coefficient (Wildman–Crippen LogP) is 1.78. The average Bonchev–Trinajstić information content (AvgIpc) is 2.94. The number of nitrogens with zero attached hydrogens (tertiary/aromatic N) is 4. The quantitative estimate of drug-likeness (QED) is 0.899. The number of nitrogens with one attached hydrogen (secondary N) is 1. The van der Waals surface area contributed by atoms with Crippen LogP contribution in [0, 0.1) is 0 Å². The van der Waals surface area contributed by atoms with Crippen molar-refractivity contribution in [1.82, 2.24) is 24.7 Å². The summed E-state index contributed by atoms with van der Waals surface area (Å²) in [7, 11) is 5.71. The molecule has 0 aliphatic carbocycles. The van der Waals surface area contributed by atoms with E-state index in [1.54, 1.807) is 4.90 Å². The first-order valence-corrected chi connectivity index (χ1v) is 9.05. The standard InChI is InChI=1S/C19H29N5O/c1-14(19-21-16-7-5-6-8-17(16)23(19)4)20-15-9-11-24(12-10-15)13-18(25)22(2)3/h5-8,14-15,20H,9-13H2,1-4H3/t14-/m0/s1. The number of hydrogen-bond donors (Lipinski definition) is 1. The smallest absolute Gasteiger partial charge is 0.236 e. The fourth-order valence-electron chi connectivity index (χ4n) is 3.57. The summed E-state index contributed by atoms with van der Waals surface area (Å²) in [5, 5.41) is 3.73. The summed E-state index contributed by atoms with van der Waals surface area (Å²) in [5.74, 6) is 1.26. The van der Waals surface area contributed by atoms with E-state index in [1.807, 2.05) is 20.2 Å². The second-order valence-corrected chi connectivity index (χ2v) is 7.24. The third kappa shape index (κ3) is 4.02. The maximum absolute atomic E-state index is 11.8. The molecule has 0 unspecified atom stereocenters. The molecule has 1 saturated heterocycles. The number of imidazole rings is 1. The first-order chi connectivity index (χ1) is 12.0. The van der Waals surface area contributed by atoms with Gasteiger partial charge in [-0.25, -0.2) is 4.98 Å². The predicted molar refractivity (Wildman–Crippen MR) is 100 cm³/mol. The summed E-state index contributed by atoms with van der Waals surface area (Å²) in [6.07, 6.45) is 2.13. The van der Waals surface area contributed by atoms with Crippen LogP contribution in [0.3, 0.4) is 0 Å². The topological polar surface area (TPSA) is 53.4 Å². The van der Waals surface area contributed by atoms with E-state index in [1.165, 1.54) is 5.52 Å². The Kier molecular flexibility index (Phi) is 5.39. The van der Waals surface area contributed by atoms with E-state index >= 15 is 0 Å². The number of carbonyl (C=O) groups is 1. The van der Waals surface area contributed by atoms with E-state index in [0.717, 1.165) is 37.3 Å². The lowest BCUT2D eigenvalue weighted by atomic mass is 10.0.